The van der Waals surface area contributed by atoms with Gasteiger partial charge < -0.3 is 19.9 Å². The molecule has 7 heteroatoms. The number of hydrogen-bond acceptors (Lipinski definition) is 5. The van der Waals surface area contributed by atoms with Crippen LogP contribution in [0, 0.1) is 13.8 Å². The van der Waals surface area contributed by atoms with Gasteiger partial charge in [0.25, 0.3) is 5.91 Å². The highest BCUT2D eigenvalue weighted by Gasteiger charge is 2.23. The summed E-state index contributed by atoms with van der Waals surface area (Å²) < 4.78 is 4.77. The topological polar surface area (TPSA) is 74.4 Å². The summed E-state index contributed by atoms with van der Waals surface area (Å²) in [6.07, 6.45) is 0. The van der Waals surface area contributed by atoms with Gasteiger partial charge in [-0.25, -0.2) is 4.79 Å². The Hall–Kier alpha value is -2.12. The molecule has 1 atom stereocenters. The number of ether oxygens (including phenoxy) is 1. The first kappa shape index (κ1) is 18.2. The Morgan fingerprint density at radius 3 is 2.62 bits per heavy atom. The van der Waals surface area contributed by atoms with Gasteiger partial charge in [-0.1, -0.05) is 6.07 Å². The first-order valence-electron chi connectivity index (χ1n) is 7.62. The molecule has 2 N–H and O–H groups in total. The number of thiophene rings is 1. The summed E-state index contributed by atoms with van der Waals surface area (Å²) in [5, 5.41) is 4.97. The molecule has 24 heavy (non-hydrogen) atoms. The largest absolute Gasteiger partial charge is 0.465 e. The maximum atomic E-state index is 12.5. The average molecular weight is 349 g/mol. The van der Waals surface area contributed by atoms with Gasteiger partial charge in [0.05, 0.1) is 18.7 Å². The minimum Gasteiger partial charge on any atom is -0.465 e. The van der Waals surface area contributed by atoms with E-state index in [4.69, 9.17) is 4.74 Å². The Balaban J connectivity index is 2.14. The Kier molecular flexibility index (Phi) is 5.80. The molecule has 1 amide bonds. The third kappa shape index (κ3) is 3.68. The number of likely N-dealkylation sites (N-methyl/N-ethyl adjacent to an activating group) is 1. The zero-order valence-corrected chi connectivity index (χ0v) is 15.4. The molecule has 2 heterocycles. The number of nitrogens with one attached hydrogen (secondary N) is 2. The van der Waals surface area contributed by atoms with Crippen molar-refractivity contribution in [3.8, 4) is 0 Å². The second-order valence-electron chi connectivity index (χ2n) is 5.82. The van der Waals surface area contributed by atoms with Crippen molar-refractivity contribution in [1.82, 2.24) is 15.2 Å². The molecule has 0 bridgehead atoms. The van der Waals surface area contributed by atoms with Crippen molar-refractivity contribution in [2.24, 2.45) is 0 Å². The molecule has 0 aliphatic heterocycles. The van der Waals surface area contributed by atoms with Gasteiger partial charge in [0.15, 0.2) is 0 Å². The molecule has 0 unspecified atom stereocenters. The second-order valence-corrected chi connectivity index (χ2v) is 6.80. The van der Waals surface area contributed by atoms with Crippen molar-refractivity contribution >= 4 is 23.2 Å². The molecule has 2 aromatic heterocycles. The van der Waals surface area contributed by atoms with Gasteiger partial charge in [0.2, 0.25) is 0 Å². The predicted molar refractivity (Wildman–Crippen MR) is 94.7 cm³/mol. The van der Waals surface area contributed by atoms with Crippen LogP contribution in [0.4, 0.5) is 0 Å². The third-order valence-electron chi connectivity index (χ3n) is 4.01. The summed E-state index contributed by atoms with van der Waals surface area (Å²) >= 11 is 1.66. The van der Waals surface area contributed by atoms with E-state index in [1.807, 2.05) is 25.5 Å². The number of aromatic amines is 1. The third-order valence-corrected chi connectivity index (χ3v) is 4.98. The number of carbonyl (C=O) groups excluding carboxylic acids is 2. The van der Waals surface area contributed by atoms with Crippen molar-refractivity contribution in [3.05, 3.63) is 44.9 Å². The van der Waals surface area contributed by atoms with Crippen LogP contribution in [0.3, 0.4) is 0 Å². The van der Waals surface area contributed by atoms with Crippen molar-refractivity contribution in [3.63, 3.8) is 0 Å². The fourth-order valence-electron chi connectivity index (χ4n) is 2.68. The van der Waals surface area contributed by atoms with E-state index in [0.29, 0.717) is 29.1 Å². The van der Waals surface area contributed by atoms with Crippen molar-refractivity contribution < 1.29 is 14.3 Å². The molecule has 0 fully saturated rings. The number of rotatable bonds is 6. The Labute approximate surface area is 145 Å². The number of nitrogens with zero attached hydrogens (tertiary/aromatic N) is 1. The summed E-state index contributed by atoms with van der Waals surface area (Å²) in [5.41, 5.74) is 2.06. The first-order chi connectivity index (χ1) is 11.4. The van der Waals surface area contributed by atoms with Crippen LogP contribution < -0.4 is 5.32 Å². The van der Waals surface area contributed by atoms with Gasteiger partial charge >= 0.3 is 5.97 Å². The lowest BCUT2D eigenvalue weighted by Gasteiger charge is -2.23. The fraction of sp³-hybridized carbons (Fsp3) is 0.412. The highest BCUT2D eigenvalue weighted by atomic mass is 32.1. The van der Waals surface area contributed by atoms with Crippen molar-refractivity contribution in [1.29, 1.82) is 0 Å². The normalized spacial score (nSPS) is 12.2. The zero-order chi connectivity index (χ0) is 17.9. The van der Waals surface area contributed by atoms with Crippen molar-refractivity contribution in [2.45, 2.75) is 19.9 Å². The second kappa shape index (κ2) is 7.63. The molecule has 0 aliphatic carbocycles. The summed E-state index contributed by atoms with van der Waals surface area (Å²) in [7, 11) is 5.29. The lowest BCUT2D eigenvalue weighted by Crippen LogP contribution is -2.34. The number of hydrogen-bond donors (Lipinski definition) is 2. The predicted octanol–water partition coefficient (Wildman–Crippen LogP) is 2.51. The van der Waals surface area contributed by atoms with Crippen molar-refractivity contribution in [2.75, 3.05) is 27.7 Å². The van der Waals surface area contributed by atoms with Gasteiger partial charge in [-0.15, -0.1) is 11.3 Å². The Morgan fingerprint density at radius 1 is 1.38 bits per heavy atom. The van der Waals surface area contributed by atoms with E-state index in [0.717, 1.165) is 0 Å². The van der Waals surface area contributed by atoms with Gasteiger partial charge in [0, 0.05) is 17.1 Å². The zero-order valence-electron chi connectivity index (χ0n) is 14.6. The monoisotopic (exact) mass is 349 g/mol. The van der Waals surface area contributed by atoms with Crippen LogP contribution >= 0.6 is 11.3 Å². The number of amides is 1. The van der Waals surface area contributed by atoms with Crippen LogP contribution in [-0.2, 0) is 4.74 Å². The first-order valence-corrected chi connectivity index (χ1v) is 8.50. The fourth-order valence-corrected chi connectivity index (χ4v) is 3.60. The Morgan fingerprint density at radius 2 is 2.08 bits per heavy atom. The summed E-state index contributed by atoms with van der Waals surface area (Å²) in [6.45, 7) is 3.98. The lowest BCUT2D eigenvalue weighted by molar-refractivity contribution is 0.0599. The molecule has 0 spiro atoms. The molecule has 6 nitrogen and oxygen atoms in total. The molecule has 2 aromatic rings. The molecule has 0 aromatic carbocycles. The van der Waals surface area contributed by atoms with Gasteiger partial charge in [-0.3, -0.25) is 4.79 Å². The van der Waals surface area contributed by atoms with Crippen LogP contribution in [0.2, 0.25) is 0 Å². The highest BCUT2D eigenvalue weighted by Crippen LogP contribution is 2.23. The van der Waals surface area contributed by atoms with Crippen LogP contribution in [0.5, 0.6) is 0 Å². The van der Waals surface area contributed by atoms with Gasteiger partial charge in [-0.2, -0.15) is 0 Å². The molecule has 0 saturated carbocycles. The maximum absolute atomic E-state index is 12.5. The number of esters is 1. The summed E-state index contributed by atoms with van der Waals surface area (Å²) in [5.74, 6) is -0.667. The van der Waals surface area contributed by atoms with E-state index in [1.54, 1.807) is 25.2 Å². The van der Waals surface area contributed by atoms with E-state index in [2.05, 4.69) is 21.3 Å². The molecule has 0 aliphatic rings. The van der Waals surface area contributed by atoms with Crippen LogP contribution in [0.15, 0.2) is 17.5 Å². The summed E-state index contributed by atoms with van der Waals surface area (Å²) in [6, 6.07) is 4.16. The van der Waals surface area contributed by atoms with Gasteiger partial charge in [0.1, 0.15) is 5.69 Å². The molecule has 0 saturated heterocycles. The van der Waals surface area contributed by atoms with E-state index >= 15 is 0 Å². The molecular formula is C17H23N3O3S. The van der Waals surface area contributed by atoms with Crippen LogP contribution in [0.25, 0.3) is 0 Å². The SMILES string of the molecule is COC(=O)c1c(C)[nH]c(C(=O)NC[C@H](c2cccs2)N(C)C)c1C. The van der Waals surface area contributed by atoms with E-state index in [-0.39, 0.29) is 11.9 Å². The van der Waals surface area contributed by atoms with Crippen LogP contribution in [0.1, 0.15) is 43.0 Å². The quantitative estimate of drug-likeness (QED) is 0.786. The van der Waals surface area contributed by atoms with Gasteiger partial charge in [-0.05, 0) is 45.0 Å². The minimum atomic E-state index is -0.440. The number of H-pyrrole nitrogens is 1. The van der Waals surface area contributed by atoms with E-state index in [9.17, 15) is 9.59 Å². The molecule has 0 radical (unpaired) electrons. The summed E-state index contributed by atoms with van der Waals surface area (Å²) in [4.78, 5) is 30.6. The maximum Gasteiger partial charge on any atom is 0.339 e. The lowest BCUT2D eigenvalue weighted by atomic mass is 10.1. The number of aromatic nitrogens is 1. The molecule has 2 rings (SSSR count). The number of aryl methyl sites for hydroxylation is 1. The van der Waals surface area contributed by atoms with E-state index < -0.39 is 5.97 Å². The average Bonchev–Trinajstić information content (AvgIpc) is 3.15. The number of carbonyl (C=O) groups is 2. The standard InChI is InChI=1S/C17H23N3O3S/c1-10-14(17(22)23-5)11(2)19-15(10)16(21)18-9-12(20(3)4)13-7-6-8-24-13/h6-8,12,19H,9H2,1-5H3,(H,18,21)/t12-/m1/s1. The van der Waals surface area contributed by atoms with E-state index in [1.165, 1.54) is 12.0 Å². The number of methoxy groups -OCH3 is 1. The Bertz CT molecular complexity index is 720. The minimum absolute atomic E-state index is 0.102. The molecule has 130 valence electrons. The smallest absolute Gasteiger partial charge is 0.339 e. The molecular weight excluding hydrogens is 326 g/mol. The van der Waals surface area contributed by atoms with Crippen LogP contribution in [-0.4, -0.2) is 49.5 Å². The highest BCUT2D eigenvalue weighted by molar-refractivity contribution is 7.10.